The van der Waals surface area contributed by atoms with E-state index in [-0.39, 0.29) is 5.54 Å². The highest BCUT2D eigenvalue weighted by molar-refractivity contribution is 5.26. The van der Waals surface area contributed by atoms with Crippen molar-refractivity contribution in [2.45, 2.75) is 38.1 Å². The maximum Gasteiger partial charge on any atom is 0.224 e. The van der Waals surface area contributed by atoms with Crippen LogP contribution in [0.4, 0.5) is 5.95 Å². The monoisotopic (exact) mass is 223 g/mol. The SMILES string of the molecule is CNc1nnc(C2(N)CCC(C)CC2)n1C. The summed E-state index contributed by atoms with van der Waals surface area (Å²) in [4.78, 5) is 0. The summed E-state index contributed by atoms with van der Waals surface area (Å²) in [5.41, 5.74) is 6.17. The fourth-order valence-electron chi connectivity index (χ4n) is 2.48. The highest BCUT2D eigenvalue weighted by atomic mass is 15.3. The van der Waals surface area contributed by atoms with E-state index in [0.29, 0.717) is 0 Å². The number of nitrogens with zero attached hydrogens (tertiary/aromatic N) is 3. The number of anilines is 1. The highest BCUT2D eigenvalue weighted by Gasteiger charge is 2.36. The van der Waals surface area contributed by atoms with Gasteiger partial charge in [-0.1, -0.05) is 6.92 Å². The third kappa shape index (κ3) is 1.80. The molecular weight excluding hydrogens is 202 g/mol. The van der Waals surface area contributed by atoms with E-state index in [1.807, 2.05) is 18.7 Å². The lowest BCUT2D eigenvalue weighted by Crippen LogP contribution is -2.42. The van der Waals surface area contributed by atoms with Crippen LogP contribution in [0.2, 0.25) is 0 Å². The van der Waals surface area contributed by atoms with E-state index in [0.717, 1.165) is 30.5 Å². The van der Waals surface area contributed by atoms with Crippen LogP contribution in [0.25, 0.3) is 0 Å². The Bertz CT molecular complexity index is 362. The normalized spacial score (nSPS) is 30.4. The zero-order valence-corrected chi connectivity index (χ0v) is 10.3. The summed E-state index contributed by atoms with van der Waals surface area (Å²) in [6.07, 6.45) is 4.37. The van der Waals surface area contributed by atoms with Crippen LogP contribution < -0.4 is 11.1 Å². The average molecular weight is 223 g/mol. The molecule has 0 radical (unpaired) electrons. The van der Waals surface area contributed by atoms with E-state index >= 15 is 0 Å². The largest absolute Gasteiger partial charge is 0.357 e. The van der Waals surface area contributed by atoms with Gasteiger partial charge in [0.2, 0.25) is 5.95 Å². The molecule has 5 heteroatoms. The van der Waals surface area contributed by atoms with Gasteiger partial charge in [-0.3, -0.25) is 4.57 Å². The Hall–Kier alpha value is -1.10. The Kier molecular flexibility index (Phi) is 2.88. The first kappa shape index (κ1) is 11.4. The van der Waals surface area contributed by atoms with Gasteiger partial charge in [0.25, 0.3) is 0 Å². The third-order valence-corrected chi connectivity index (χ3v) is 3.71. The summed E-state index contributed by atoms with van der Waals surface area (Å²) >= 11 is 0. The van der Waals surface area contributed by atoms with Crippen LogP contribution in [0.3, 0.4) is 0 Å². The van der Waals surface area contributed by atoms with Crippen molar-refractivity contribution < 1.29 is 0 Å². The van der Waals surface area contributed by atoms with E-state index in [1.165, 1.54) is 12.8 Å². The van der Waals surface area contributed by atoms with E-state index < -0.39 is 0 Å². The summed E-state index contributed by atoms with van der Waals surface area (Å²) in [5.74, 6) is 2.47. The molecule has 0 bridgehead atoms. The van der Waals surface area contributed by atoms with Crippen molar-refractivity contribution in [2.75, 3.05) is 12.4 Å². The predicted octanol–water partition coefficient (Wildman–Crippen LogP) is 1.22. The molecule has 0 atom stereocenters. The van der Waals surface area contributed by atoms with Crippen molar-refractivity contribution in [1.82, 2.24) is 14.8 Å². The molecule has 16 heavy (non-hydrogen) atoms. The quantitative estimate of drug-likeness (QED) is 0.791. The van der Waals surface area contributed by atoms with Crippen molar-refractivity contribution >= 4 is 5.95 Å². The van der Waals surface area contributed by atoms with Gasteiger partial charge in [-0.2, -0.15) is 0 Å². The molecule has 0 aromatic carbocycles. The van der Waals surface area contributed by atoms with Crippen LogP contribution in [0.15, 0.2) is 0 Å². The van der Waals surface area contributed by atoms with Gasteiger partial charge in [-0.25, -0.2) is 0 Å². The van der Waals surface area contributed by atoms with Gasteiger partial charge in [0.05, 0.1) is 5.54 Å². The van der Waals surface area contributed by atoms with Crippen LogP contribution in [-0.4, -0.2) is 21.8 Å². The van der Waals surface area contributed by atoms with Gasteiger partial charge in [0.15, 0.2) is 5.82 Å². The fourth-order valence-corrected chi connectivity index (χ4v) is 2.48. The van der Waals surface area contributed by atoms with Crippen molar-refractivity contribution in [1.29, 1.82) is 0 Å². The number of nitrogens with two attached hydrogens (primary N) is 1. The van der Waals surface area contributed by atoms with Crippen molar-refractivity contribution in [3.63, 3.8) is 0 Å². The lowest BCUT2D eigenvalue weighted by atomic mass is 9.77. The molecule has 1 aromatic heterocycles. The molecule has 1 fully saturated rings. The second kappa shape index (κ2) is 4.05. The Morgan fingerprint density at radius 2 is 2.00 bits per heavy atom. The van der Waals surface area contributed by atoms with Crippen molar-refractivity contribution in [3.05, 3.63) is 5.82 Å². The molecule has 3 N–H and O–H groups in total. The maximum atomic E-state index is 6.46. The number of hydrogen-bond donors (Lipinski definition) is 2. The van der Waals surface area contributed by atoms with E-state index in [4.69, 9.17) is 5.73 Å². The van der Waals surface area contributed by atoms with Gasteiger partial charge in [0, 0.05) is 14.1 Å². The zero-order chi connectivity index (χ0) is 11.8. The highest BCUT2D eigenvalue weighted by Crippen LogP contribution is 2.36. The Labute approximate surface area is 96.4 Å². The van der Waals surface area contributed by atoms with Gasteiger partial charge in [-0.15, -0.1) is 10.2 Å². The molecule has 0 saturated heterocycles. The number of hydrogen-bond acceptors (Lipinski definition) is 4. The van der Waals surface area contributed by atoms with Crippen LogP contribution in [0.1, 0.15) is 38.4 Å². The molecule has 0 amide bonds. The summed E-state index contributed by atoms with van der Waals surface area (Å²) in [7, 11) is 3.81. The van der Waals surface area contributed by atoms with E-state index in [9.17, 15) is 0 Å². The molecule has 5 nitrogen and oxygen atoms in total. The molecule has 1 aromatic rings. The molecule has 0 aliphatic heterocycles. The average Bonchev–Trinajstić information content (AvgIpc) is 2.65. The van der Waals surface area contributed by atoms with E-state index in [1.54, 1.807) is 0 Å². The molecule has 0 unspecified atom stereocenters. The second-order valence-corrected chi connectivity index (χ2v) is 4.99. The number of rotatable bonds is 2. The molecule has 1 aliphatic carbocycles. The van der Waals surface area contributed by atoms with Crippen molar-refractivity contribution in [2.24, 2.45) is 18.7 Å². The molecule has 0 spiro atoms. The lowest BCUT2D eigenvalue weighted by Gasteiger charge is -2.34. The lowest BCUT2D eigenvalue weighted by molar-refractivity contribution is 0.232. The first-order valence-corrected chi connectivity index (χ1v) is 5.93. The van der Waals surface area contributed by atoms with E-state index in [2.05, 4.69) is 22.4 Å². The van der Waals surface area contributed by atoms with Gasteiger partial charge >= 0.3 is 0 Å². The Balaban J connectivity index is 2.25. The summed E-state index contributed by atoms with van der Waals surface area (Å²) in [6, 6.07) is 0. The number of nitrogens with one attached hydrogen (secondary N) is 1. The second-order valence-electron chi connectivity index (χ2n) is 4.99. The summed E-state index contributed by atoms with van der Waals surface area (Å²) in [6.45, 7) is 2.29. The van der Waals surface area contributed by atoms with Crippen LogP contribution in [-0.2, 0) is 12.6 Å². The van der Waals surface area contributed by atoms with Gasteiger partial charge < -0.3 is 11.1 Å². The zero-order valence-electron chi connectivity index (χ0n) is 10.3. The predicted molar refractivity (Wildman–Crippen MR) is 64.0 cm³/mol. The van der Waals surface area contributed by atoms with Crippen LogP contribution in [0.5, 0.6) is 0 Å². The molecule has 1 saturated carbocycles. The first-order chi connectivity index (χ1) is 7.57. The minimum atomic E-state index is -0.288. The molecule has 2 rings (SSSR count). The van der Waals surface area contributed by atoms with Crippen molar-refractivity contribution in [3.8, 4) is 0 Å². The smallest absolute Gasteiger partial charge is 0.224 e. The van der Waals surface area contributed by atoms with Gasteiger partial charge in [0.1, 0.15) is 0 Å². The molecule has 1 aliphatic rings. The third-order valence-electron chi connectivity index (χ3n) is 3.71. The minimum Gasteiger partial charge on any atom is -0.357 e. The molecule has 1 heterocycles. The first-order valence-electron chi connectivity index (χ1n) is 5.93. The summed E-state index contributed by atoms with van der Waals surface area (Å²) < 4.78 is 1.97. The standard InChI is InChI=1S/C11H21N5/c1-8-4-6-11(12,7-5-8)9-14-15-10(13-2)16(9)3/h8H,4-7,12H2,1-3H3,(H,13,15). The van der Waals surface area contributed by atoms with Gasteiger partial charge in [-0.05, 0) is 31.6 Å². The molecule has 90 valence electrons. The maximum absolute atomic E-state index is 6.46. The summed E-state index contributed by atoms with van der Waals surface area (Å²) in [5, 5.41) is 11.3. The number of aromatic nitrogens is 3. The topological polar surface area (TPSA) is 68.8 Å². The fraction of sp³-hybridized carbons (Fsp3) is 0.818. The minimum absolute atomic E-state index is 0.288. The Morgan fingerprint density at radius 3 is 2.50 bits per heavy atom. The Morgan fingerprint density at radius 1 is 1.38 bits per heavy atom. The van der Waals surface area contributed by atoms with Crippen LogP contribution in [0, 0.1) is 5.92 Å². The van der Waals surface area contributed by atoms with Crippen LogP contribution >= 0.6 is 0 Å². The molecular formula is C11H21N5.